The van der Waals surface area contributed by atoms with Crippen molar-refractivity contribution in [3.8, 4) is 17.2 Å². The molecular weight excluding hydrogens is 294 g/mol. The Morgan fingerprint density at radius 3 is 2.65 bits per heavy atom. The predicted molar refractivity (Wildman–Crippen MR) is 85.9 cm³/mol. The quantitative estimate of drug-likeness (QED) is 0.921. The van der Waals surface area contributed by atoms with Crippen molar-refractivity contribution >= 4 is 5.91 Å². The number of rotatable bonds is 5. The highest BCUT2D eigenvalue weighted by Crippen LogP contribution is 2.30. The summed E-state index contributed by atoms with van der Waals surface area (Å²) in [4.78, 5) is 12.1. The molecule has 0 fully saturated rings. The topological polar surface area (TPSA) is 56.8 Å². The SMILES string of the molecule is C[C@H](Oc1ccccc1)C(=O)NC[C@@H]1COc2ccccc2O1. The molecule has 3 rings (SSSR count). The summed E-state index contributed by atoms with van der Waals surface area (Å²) in [5.74, 6) is 1.92. The second-order valence-corrected chi connectivity index (χ2v) is 5.32. The van der Waals surface area contributed by atoms with Gasteiger partial charge >= 0.3 is 0 Å². The number of carbonyl (C=O) groups is 1. The lowest BCUT2D eigenvalue weighted by Gasteiger charge is -2.27. The van der Waals surface area contributed by atoms with Crippen molar-refractivity contribution < 1.29 is 19.0 Å². The zero-order chi connectivity index (χ0) is 16.1. The molecule has 2 aromatic rings. The summed E-state index contributed by atoms with van der Waals surface area (Å²) < 4.78 is 17.0. The summed E-state index contributed by atoms with van der Waals surface area (Å²) in [7, 11) is 0. The number of benzene rings is 2. The van der Waals surface area contributed by atoms with Gasteiger partial charge in [0.05, 0.1) is 6.54 Å². The van der Waals surface area contributed by atoms with E-state index in [1.165, 1.54) is 0 Å². The van der Waals surface area contributed by atoms with Crippen molar-refractivity contribution in [2.45, 2.75) is 19.1 Å². The van der Waals surface area contributed by atoms with Gasteiger partial charge in [0.1, 0.15) is 18.5 Å². The average molecular weight is 313 g/mol. The van der Waals surface area contributed by atoms with Crippen molar-refractivity contribution in [1.82, 2.24) is 5.32 Å². The van der Waals surface area contributed by atoms with Crippen LogP contribution in [0.3, 0.4) is 0 Å². The molecule has 23 heavy (non-hydrogen) atoms. The number of carbonyl (C=O) groups excluding carboxylic acids is 1. The minimum atomic E-state index is -0.575. The second kappa shape index (κ2) is 7.05. The molecule has 0 aliphatic carbocycles. The monoisotopic (exact) mass is 313 g/mol. The van der Waals surface area contributed by atoms with Crippen LogP contribution in [0, 0.1) is 0 Å². The molecule has 120 valence electrons. The molecule has 1 N–H and O–H groups in total. The highest BCUT2D eigenvalue weighted by atomic mass is 16.6. The average Bonchev–Trinajstić information content (AvgIpc) is 2.60. The van der Waals surface area contributed by atoms with Crippen LogP contribution in [0.4, 0.5) is 0 Å². The third-order valence-corrected chi connectivity index (χ3v) is 3.50. The number of para-hydroxylation sites is 3. The van der Waals surface area contributed by atoms with Gasteiger partial charge < -0.3 is 19.5 Å². The van der Waals surface area contributed by atoms with Gasteiger partial charge in [0, 0.05) is 0 Å². The molecule has 0 radical (unpaired) electrons. The third-order valence-electron chi connectivity index (χ3n) is 3.50. The van der Waals surface area contributed by atoms with E-state index in [4.69, 9.17) is 14.2 Å². The third kappa shape index (κ3) is 3.94. The normalized spacial score (nSPS) is 17.2. The molecule has 0 saturated heterocycles. The molecule has 2 aromatic carbocycles. The van der Waals surface area contributed by atoms with Crippen LogP contribution >= 0.6 is 0 Å². The minimum absolute atomic E-state index is 0.184. The van der Waals surface area contributed by atoms with Gasteiger partial charge in [-0.05, 0) is 31.2 Å². The van der Waals surface area contributed by atoms with Crippen LogP contribution in [0.25, 0.3) is 0 Å². The fourth-order valence-electron chi connectivity index (χ4n) is 2.28. The number of ether oxygens (including phenoxy) is 3. The standard InChI is InChI=1S/C18H19NO4/c1-13(22-14-7-3-2-4-8-14)18(20)19-11-15-12-21-16-9-5-6-10-17(16)23-15/h2-10,13,15H,11-12H2,1H3,(H,19,20)/t13-,15+/m0/s1. The Balaban J connectivity index is 1.48. The van der Waals surface area contributed by atoms with E-state index < -0.39 is 6.10 Å². The van der Waals surface area contributed by atoms with E-state index in [0.29, 0.717) is 24.7 Å². The molecule has 0 saturated carbocycles. The molecule has 0 unspecified atom stereocenters. The van der Waals surface area contributed by atoms with Crippen molar-refractivity contribution in [2.75, 3.05) is 13.2 Å². The van der Waals surface area contributed by atoms with Gasteiger partial charge in [-0.2, -0.15) is 0 Å². The molecule has 0 bridgehead atoms. The molecule has 5 heteroatoms. The summed E-state index contributed by atoms with van der Waals surface area (Å²) in [6.07, 6.45) is -0.785. The Morgan fingerprint density at radius 2 is 1.87 bits per heavy atom. The Kier molecular flexibility index (Phi) is 4.66. The summed E-state index contributed by atoms with van der Waals surface area (Å²) in [5.41, 5.74) is 0. The van der Waals surface area contributed by atoms with Crippen LogP contribution in [0.5, 0.6) is 17.2 Å². The van der Waals surface area contributed by atoms with E-state index in [9.17, 15) is 4.79 Å². The summed E-state index contributed by atoms with van der Waals surface area (Å²) >= 11 is 0. The first kappa shape index (κ1) is 15.2. The van der Waals surface area contributed by atoms with Crippen molar-refractivity contribution in [2.24, 2.45) is 0 Å². The van der Waals surface area contributed by atoms with Crippen LogP contribution < -0.4 is 19.5 Å². The van der Waals surface area contributed by atoms with Crippen LogP contribution in [0.2, 0.25) is 0 Å². The predicted octanol–water partition coefficient (Wildman–Crippen LogP) is 2.41. The maximum atomic E-state index is 12.1. The maximum Gasteiger partial charge on any atom is 0.260 e. The van der Waals surface area contributed by atoms with Crippen molar-refractivity contribution in [3.05, 3.63) is 54.6 Å². The molecule has 5 nitrogen and oxygen atoms in total. The van der Waals surface area contributed by atoms with E-state index in [0.717, 1.165) is 5.75 Å². The number of hydrogen-bond donors (Lipinski definition) is 1. The first-order valence-corrected chi connectivity index (χ1v) is 7.60. The van der Waals surface area contributed by atoms with Crippen LogP contribution in [0.15, 0.2) is 54.6 Å². The van der Waals surface area contributed by atoms with Crippen molar-refractivity contribution in [1.29, 1.82) is 0 Å². The molecule has 1 heterocycles. The molecule has 2 atom stereocenters. The minimum Gasteiger partial charge on any atom is -0.486 e. The van der Waals surface area contributed by atoms with E-state index in [-0.39, 0.29) is 12.0 Å². The Morgan fingerprint density at radius 1 is 1.17 bits per heavy atom. The van der Waals surface area contributed by atoms with Gasteiger partial charge in [0.25, 0.3) is 5.91 Å². The van der Waals surface area contributed by atoms with Crippen LogP contribution in [-0.4, -0.2) is 31.3 Å². The van der Waals surface area contributed by atoms with Crippen LogP contribution in [-0.2, 0) is 4.79 Å². The second-order valence-electron chi connectivity index (χ2n) is 5.32. The lowest BCUT2D eigenvalue weighted by atomic mass is 10.2. The molecule has 1 amide bonds. The molecule has 1 aliphatic rings. The summed E-state index contributed by atoms with van der Waals surface area (Å²) in [5, 5.41) is 2.83. The highest BCUT2D eigenvalue weighted by Gasteiger charge is 2.22. The molecule has 0 spiro atoms. The van der Waals surface area contributed by atoms with Crippen molar-refractivity contribution in [3.63, 3.8) is 0 Å². The largest absolute Gasteiger partial charge is 0.486 e. The van der Waals surface area contributed by atoms with Crippen LogP contribution in [0.1, 0.15) is 6.92 Å². The first-order chi connectivity index (χ1) is 11.2. The van der Waals surface area contributed by atoms with E-state index in [1.54, 1.807) is 6.92 Å². The smallest absolute Gasteiger partial charge is 0.260 e. The van der Waals surface area contributed by atoms with E-state index in [1.807, 2.05) is 54.6 Å². The fourth-order valence-corrected chi connectivity index (χ4v) is 2.28. The lowest BCUT2D eigenvalue weighted by Crippen LogP contribution is -2.44. The zero-order valence-electron chi connectivity index (χ0n) is 12.9. The maximum absolute atomic E-state index is 12.1. The van der Waals surface area contributed by atoms with Gasteiger partial charge in [0.2, 0.25) is 0 Å². The number of hydrogen-bond acceptors (Lipinski definition) is 4. The van der Waals surface area contributed by atoms with E-state index >= 15 is 0 Å². The summed E-state index contributed by atoms with van der Waals surface area (Å²) in [6, 6.07) is 16.8. The first-order valence-electron chi connectivity index (χ1n) is 7.60. The Bertz CT molecular complexity index is 659. The highest BCUT2D eigenvalue weighted by molar-refractivity contribution is 5.80. The summed E-state index contributed by atoms with van der Waals surface area (Å²) in [6.45, 7) is 2.50. The number of amides is 1. The van der Waals surface area contributed by atoms with Gasteiger partial charge in [-0.25, -0.2) is 0 Å². The van der Waals surface area contributed by atoms with Gasteiger partial charge in [-0.3, -0.25) is 4.79 Å². The Hall–Kier alpha value is -2.69. The zero-order valence-corrected chi connectivity index (χ0v) is 12.9. The lowest BCUT2D eigenvalue weighted by molar-refractivity contribution is -0.127. The molecule has 1 aliphatic heterocycles. The number of fused-ring (bicyclic) bond motifs is 1. The number of nitrogens with one attached hydrogen (secondary N) is 1. The van der Waals surface area contributed by atoms with Gasteiger partial charge in [-0.15, -0.1) is 0 Å². The molecule has 0 aromatic heterocycles. The fraction of sp³-hybridized carbons (Fsp3) is 0.278. The van der Waals surface area contributed by atoms with E-state index in [2.05, 4.69) is 5.32 Å². The Labute approximate surface area is 135 Å². The molecular formula is C18H19NO4. The van der Waals surface area contributed by atoms with Gasteiger partial charge in [-0.1, -0.05) is 30.3 Å². The van der Waals surface area contributed by atoms with Gasteiger partial charge in [0.15, 0.2) is 17.6 Å².